The zero-order valence-electron chi connectivity index (χ0n) is 7.56. The van der Waals surface area contributed by atoms with Gasteiger partial charge in [-0.3, -0.25) is 4.79 Å². The molecule has 2 aliphatic heterocycles. The summed E-state index contributed by atoms with van der Waals surface area (Å²) in [6, 6.07) is 0. The summed E-state index contributed by atoms with van der Waals surface area (Å²) in [5.41, 5.74) is 1.17. The van der Waals surface area contributed by atoms with Crippen molar-refractivity contribution in [3.8, 4) is 0 Å². The summed E-state index contributed by atoms with van der Waals surface area (Å²) in [5.74, 6) is 1.10. The Morgan fingerprint density at radius 2 is 2.50 bits per heavy atom. The summed E-state index contributed by atoms with van der Waals surface area (Å²) in [4.78, 5) is 15.3. The molecule has 0 spiro atoms. The minimum absolute atomic E-state index is 0.260. The lowest BCUT2D eigenvalue weighted by Gasteiger charge is -2.03. The highest BCUT2D eigenvalue weighted by atomic mass is 32.2. The SMILES string of the molecule is O=C(O)C1Cc2nc3c(n2C1)SCC3. The number of hydrogen-bond donors (Lipinski definition) is 1. The Hall–Kier alpha value is -0.970. The number of carboxylic acid groups (broad SMARTS) is 1. The van der Waals surface area contributed by atoms with Crippen molar-refractivity contribution in [3.05, 3.63) is 11.5 Å². The van der Waals surface area contributed by atoms with E-state index in [4.69, 9.17) is 5.11 Å². The largest absolute Gasteiger partial charge is 0.481 e. The number of rotatable bonds is 1. The number of aromatic nitrogens is 2. The fraction of sp³-hybridized carbons (Fsp3) is 0.556. The van der Waals surface area contributed by atoms with Crippen LogP contribution in [0.4, 0.5) is 0 Å². The molecule has 2 aliphatic rings. The van der Waals surface area contributed by atoms with E-state index in [2.05, 4.69) is 9.55 Å². The Labute approximate surface area is 85.3 Å². The highest BCUT2D eigenvalue weighted by Gasteiger charge is 2.33. The number of aryl methyl sites for hydroxylation is 1. The molecule has 4 nitrogen and oxygen atoms in total. The summed E-state index contributed by atoms with van der Waals surface area (Å²) in [6.07, 6.45) is 1.64. The predicted octanol–water partition coefficient (Wildman–Crippen LogP) is 0.788. The molecule has 0 bridgehead atoms. The molecule has 0 saturated heterocycles. The van der Waals surface area contributed by atoms with E-state index in [0.29, 0.717) is 13.0 Å². The van der Waals surface area contributed by atoms with Crippen LogP contribution in [0.2, 0.25) is 0 Å². The second-order valence-electron chi connectivity index (χ2n) is 3.73. The zero-order valence-corrected chi connectivity index (χ0v) is 8.38. The lowest BCUT2D eigenvalue weighted by molar-refractivity contribution is -0.141. The van der Waals surface area contributed by atoms with Gasteiger partial charge in [0.15, 0.2) is 0 Å². The van der Waals surface area contributed by atoms with Crippen molar-refractivity contribution in [1.29, 1.82) is 0 Å². The molecule has 3 rings (SSSR count). The Balaban J connectivity index is 1.97. The number of aliphatic carboxylic acids is 1. The number of hydrogen-bond acceptors (Lipinski definition) is 3. The molecule has 0 aromatic carbocycles. The van der Waals surface area contributed by atoms with Crippen molar-refractivity contribution >= 4 is 17.7 Å². The monoisotopic (exact) mass is 210 g/mol. The molecule has 1 aromatic rings. The first-order valence-corrected chi connectivity index (χ1v) is 5.68. The standard InChI is InChI=1S/C9H10N2O2S/c12-9(13)5-3-7-10-6-1-2-14-8(6)11(7)4-5/h5H,1-4H2,(H,12,13). The lowest BCUT2D eigenvalue weighted by atomic mass is 10.1. The maximum absolute atomic E-state index is 10.8. The van der Waals surface area contributed by atoms with Gasteiger partial charge in [-0.25, -0.2) is 4.98 Å². The van der Waals surface area contributed by atoms with Crippen LogP contribution in [0.1, 0.15) is 11.5 Å². The topological polar surface area (TPSA) is 55.1 Å². The maximum atomic E-state index is 10.8. The minimum Gasteiger partial charge on any atom is -0.481 e. The fourth-order valence-electron chi connectivity index (χ4n) is 2.12. The quantitative estimate of drug-likeness (QED) is 0.744. The van der Waals surface area contributed by atoms with Gasteiger partial charge in [0.05, 0.1) is 16.6 Å². The Kier molecular flexibility index (Phi) is 1.65. The Morgan fingerprint density at radius 1 is 1.64 bits per heavy atom. The third kappa shape index (κ3) is 1.02. The fourth-order valence-corrected chi connectivity index (χ4v) is 3.26. The van der Waals surface area contributed by atoms with Gasteiger partial charge in [-0.2, -0.15) is 0 Å². The van der Waals surface area contributed by atoms with Gasteiger partial charge in [0.25, 0.3) is 0 Å². The molecular formula is C9H10N2O2S. The van der Waals surface area contributed by atoms with Crippen molar-refractivity contribution in [1.82, 2.24) is 9.55 Å². The van der Waals surface area contributed by atoms with Gasteiger partial charge in [-0.1, -0.05) is 0 Å². The van der Waals surface area contributed by atoms with Crippen molar-refractivity contribution in [3.63, 3.8) is 0 Å². The van der Waals surface area contributed by atoms with Crippen LogP contribution in [0, 0.1) is 5.92 Å². The van der Waals surface area contributed by atoms with Crippen molar-refractivity contribution in [2.24, 2.45) is 5.92 Å². The highest BCUT2D eigenvalue weighted by molar-refractivity contribution is 7.99. The summed E-state index contributed by atoms with van der Waals surface area (Å²) in [7, 11) is 0. The second-order valence-corrected chi connectivity index (χ2v) is 4.81. The average molecular weight is 210 g/mol. The van der Waals surface area contributed by atoms with E-state index in [0.717, 1.165) is 18.0 Å². The smallest absolute Gasteiger partial charge is 0.308 e. The maximum Gasteiger partial charge on any atom is 0.308 e. The molecule has 0 amide bonds. The van der Waals surface area contributed by atoms with Crippen molar-refractivity contribution in [2.45, 2.75) is 24.4 Å². The molecule has 0 aliphatic carbocycles. The van der Waals surface area contributed by atoms with Gasteiger partial charge >= 0.3 is 5.97 Å². The molecule has 1 atom stereocenters. The molecule has 14 heavy (non-hydrogen) atoms. The normalized spacial score (nSPS) is 23.6. The van der Waals surface area contributed by atoms with Crippen LogP contribution in [0.5, 0.6) is 0 Å². The van der Waals surface area contributed by atoms with E-state index in [-0.39, 0.29) is 5.92 Å². The Bertz CT molecular complexity index is 413. The average Bonchev–Trinajstić information content (AvgIpc) is 2.70. The van der Waals surface area contributed by atoms with Gasteiger partial charge < -0.3 is 9.67 Å². The first kappa shape index (κ1) is 8.35. The van der Waals surface area contributed by atoms with Crippen molar-refractivity contribution in [2.75, 3.05) is 5.75 Å². The van der Waals surface area contributed by atoms with E-state index >= 15 is 0 Å². The minimum atomic E-state index is -0.702. The summed E-state index contributed by atoms with van der Waals surface area (Å²) >= 11 is 1.80. The predicted molar refractivity (Wildman–Crippen MR) is 51.5 cm³/mol. The Morgan fingerprint density at radius 3 is 3.29 bits per heavy atom. The van der Waals surface area contributed by atoms with E-state index in [9.17, 15) is 4.79 Å². The highest BCUT2D eigenvalue weighted by Crippen LogP contribution is 2.35. The van der Waals surface area contributed by atoms with Gasteiger partial charge in [-0.15, -0.1) is 11.8 Å². The molecule has 0 radical (unpaired) electrons. The van der Waals surface area contributed by atoms with E-state index < -0.39 is 5.97 Å². The first-order valence-electron chi connectivity index (χ1n) is 4.69. The van der Waals surface area contributed by atoms with Crippen LogP contribution in [-0.4, -0.2) is 26.4 Å². The lowest BCUT2D eigenvalue weighted by Crippen LogP contribution is -2.15. The second kappa shape index (κ2) is 2.76. The third-order valence-electron chi connectivity index (χ3n) is 2.83. The molecule has 74 valence electrons. The number of fused-ring (bicyclic) bond motifs is 3. The van der Waals surface area contributed by atoms with Crippen LogP contribution in [0.3, 0.4) is 0 Å². The van der Waals surface area contributed by atoms with Crippen LogP contribution < -0.4 is 0 Å². The molecule has 0 fully saturated rings. The van der Waals surface area contributed by atoms with Gasteiger partial charge in [-0.05, 0) is 0 Å². The van der Waals surface area contributed by atoms with E-state index in [1.165, 1.54) is 10.7 Å². The van der Waals surface area contributed by atoms with Gasteiger partial charge in [0, 0.05) is 25.1 Å². The number of thioether (sulfide) groups is 1. The summed E-state index contributed by atoms with van der Waals surface area (Å²) in [6.45, 7) is 0.611. The van der Waals surface area contributed by atoms with Crippen LogP contribution in [0.25, 0.3) is 0 Å². The molecule has 0 saturated carbocycles. The van der Waals surface area contributed by atoms with Crippen LogP contribution >= 0.6 is 11.8 Å². The molecule has 1 unspecified atom stereocenters. The molecule has 3 heterocycles. The summed E-state index contributed by atoms with van der Waals surface area (Å²) < 4.78 is 2.09. The number of imidazole rings is 1. The van der Waals surface area contributed by atoms with Gasteiger partial charge in [0.2, 0.25) is 0 Å². The number of nitrogens with zero attached hydrogens (tertiary/aromatic N) is 2. The number of carbonyl (C=O) groups is 1. The zero-order chi connectivity index (χ0) is 9.71. The van der Waals surface area contributed by atoms with Crippen LogP contribution in [-0.2, 0) is 24.2 Å². The molecule has 1 aromatic heterocycles. The molecule has 1 N–H and O–H groups in total. The van der Waals surface area contributed by atoms with Crippen LogP contribution in [0.15, 0.2) is 5.03 Å². The molecule has 5 heteroatoms. The van der Waals surface area contributed by atoms with Gasteiger partial charge in [0.1, 0.15) is 5.82 Å². The number of carboxylic acids is 1. The van der Waals surface area contributed by atoms with E-state index in [1.54, 1.807) is 11.8 Å². The van der Waals surface area contributed by atoms with E-state index in [1.807, 2.05) is 0 Å². The summed E-state index contributed by atoms with van der Waals surface area (Å²) in [5, 5.41) is 10.1. The van der Waals surface area contributed by atoms with Crippen molar-refractivity contribution < 1.29 is 9.90 Å². The third-order valence-corrected chi connectivity index (χ3v) is 3.96. The first-order chi connectivity index (χ1) is 6.75. The molecular weight excluding hydrogens is 200 g/mol.